The molecule has 0 unspecified atom stereocenters. The third-order valence-corrected chi connectivity index (χ3v) is 4.50. The average Bonchev–Trinajstić information content (AvgIpc) is 3.34. The molecule has 0 aliphatic rings. The molecule has 0 saturated carbocycles. The molecule has 0 aliphatic heterocycles. The van der Waals surface area contributed by atoms with Crippen LogP contribution in [-0.4, -0.2) is 35.7 Å². The van der Waals surface area contributed by atoms with Crippen LogP contribution in [0.5, 0.6) is 5.75 Å². The highest BCUT2D eigenvalue weighted by Gasteiger charge is 2.11. The summed E-state index contributed by atoms with van der Waals surface area (Å²) < 4.78 is 15.6. The van der Waals surface area contributed by atoms with E-state index in [0.717, 1.165) is 11.1 Å². The molecule has 1 amide bonds. The van der Waals surface area contributed by atoms with Crippen molar-refractivity contribution in [2.75, 3.05) is 19.0 Å². The first kappa shape index (κ1) is 20.8. The summed E-state index contributed by atoms with van der Waals surface area (Å²) in [5, 5.41) is 6.69. The molecular weight excluding hydrogens is 410 g/mol. The lowest BCUT2D eigenvalue weighted by molar-refractivity contribution is -0.118. The summed E-state index contributed by atoms with van der Waals surface area (Å²) in [7, 11) is 1.30. The second kappa shape index (κ2) is 9.57. The fourth-order valence-corrected chi connectivity index (χ4v) is 2.93. The second-order valence-electron chi connectivity index (χ2n) is 6.72. The molecule has 4 rings (SSSR count). The Balaban J connectivity index is 1.34. The molecule has 32 heavy (non-hydrogen) atoms. The fourth-order valence-electron chi connectivity index (χ4n) is 2.93. The van der Waals surface area contributed by atoms with Crippen molar-refractivity contribution in [3.63, 3.8) is 0 Å². The monoisotopic (exact) mass is 429 g/mol. The number of carbonyl (C=O) groups is 2. The highest BCUT2D eigenvalue weighted by atomic mass is 16.5. The third-order valence-electron chi connectivity index (χ3n) is 4.50. The number of aromatic nitrogens is 2. The van der Waals surface area contributed by atoms with Crippen LogP contribution in [0.1, 0.15) is 10.4 Å². The minimum absolute atomic E-state index is 0.194. The van der Waals surface area contributed by atoms with Crippen molar-refractivity contribution in [3.8, 4) is 28.6 Å². The number of nitrogens with one attached hydrogen (secondary N) is 1. The molecule has 0 spiro atoms. The number of carbonyl (C=O) groups excluding carboxylic acids is 2. The van der Waals surface area contributed by atoms with Gasteiger partial charge in [-0.1, -0.05) is 41.6 Å². The molecule has 1 aromatic heterocycles. The normalized spacial score (nSPS) is 10.4. The molecular formula is C24H19N3O5. The zero-order valence-corrected chi connectivity index (χ0v) is 17.1. The van der Waals surface area contributed by atoms with E-state index in [1.165, 1.54) is 13.2 Å². The van der Waals surface area contributed by atoms with Gasteiger partial charge in [-0.15, -0.1) is 0 Å². The number of nitrogens with zero attached hydrogens (tertiary/aromatic N) is 2. The summed E-state index contributed by atoms with van der Waals surface area (Å²) in [6, 6.07) is 23.0. The van der Waals surface area contributed by atoms with E-state index in [0.29, 0.717) is 28.7 Å². The Bertz CT molecular complexity index is 1220. The van der Waals surface area contributed by atoms with Gasteiger partial charge in [0.25, 0.3) is 11.8 Å². The van der Waals surface area contributed by atoms with Crippen molar-refractivity contribution in [1.82, 2.24) is 10.1 Å². The van der Waals surface area contributed by atoms with Gasteiger partial charge in [0.2, 0.25) is 5.82 Å². The van der Waals surface area contributed by atoms with E-state index >= 15 is 0 Å². The molecule has 8 heteroatoms. The Morgan fingerprint density at radius 2 is 1.72 bits per heavy atom. The van der Waals surface area contributed by atoms with E-state index in [1.54, 1.807) is 42.5 Å². The molecule has 160 valence electrons. The largest absolute Gasteiger partial charge is 0.484 e. The maximum Gasteiger partial charge on any atom is 0.337 e. The Morgan fingerprint density at radius 3 is 2.47 bits per heavy atom. The highest BCUT2D eigenvalue weighted by Crippen LogP contribution is 2.24. The van der Waals surface area contributed by atoms with Crippen LogP contribution < -0.4 is 10.1 Å². The van der Waals surface area contributed by atoms with Crippen molar-refractivity contribution < 1.29 is 23.6 Å². The van der Waals surface area contributed by atoms with Crippen molar-refractivity contribution in [1.29, 1.82) is 0 Å². The lowest BCUT2D eigenvalue weighted by Gasteiger charge is -2.08. The summed E-state index contributed by atoms with van der Waals surface area (Å²) in [5.41, 5.74) is 2.42. The van der Waals surface area contributed by atoms with Gasteiger partial charge < -0.3 is 19.3 Å². The number of esters is 1. The number of hydrogen-bond acceptors (Lipinski definition) is 7. The Kier molecular flexibility index (Phi) is 6.22. The molecule has 0 atom stereocenters. The number of methoxy groups -OCH3 is 1. The maximum absolute atomic E-state index is 12.2. The maximum atomic E-state index is 12.2. The summed E-state index contributed by atoms with van der Waals surface area (Å²) in [4.78, 5) is 28.2. The van der Waals surface area contributed by atoms with Gasteiger partial charge in [0.15, 0.2) is 6.61 Å². The Labute approximate surface area is 183 Å². The number of anilines is 1. The summed E-state index contributed by atoms with van der Waals surface area (Å²) >= 11 is 0. The van der Waals surface area contributed by atoms with Crippen molar-refractivity contribution in [3.05, 3.63) is 84.4 Å². The van der Waals surface area contributed by atoms with E-state index < -0.39 is 5.97 Å². The van der Waals surface area contributed by atoms with E-state index in [4.69, 9.17) is 9.26 Å². The Morgan fingerprint density at radius 1 is 0.938 bits per heavy atom. The zero-order valence-electron chi connectivity index (χ0n) is 17.1. The Hall–Kier alpha value is -4.46. The molecule has 8 nitrogen and oxygen atoms in total. The minimum Gasteiger partial charge on any atom is -0.484 e. The van der Waals surface area contributed by atoms with Crippen LogP contribution in [0.25, 0.3) is 22.8 Å². The topological polar surface area (TPSA) is 104 Å². The molecule has 0 radical (unpaired) electrons. The number of rotatable bonds is 7. The van der Waals surface area contributed by atoms with Gasteiger partial charge in [-0.3, -0.25) is 4.79 Å². The smallest absolute Gasteiger partial charge is 0.337 e. The van der Waals surface area contributed by atoms with Gasteiger partial charge in [0.1, 0.15) is 5.75 Å². The standard InChI is InChI=1S/C24H19N3O5/c1-30-24(29)18-8-5-9-19(14-18)25-21(28)15-31-20-12-10-17(11-13-20)23-26-22(27-32-23)16-6-3-2-4-7-16/h2-14H,15H2,1H3,(H,25,28). The molecule has 0 bridgehead atoms. The number of hydrogen-bond donors (Lipinski definition) is 1. The highest BCUT2D eigenvalue weighted by molar-refractivity contribution is 5.95. The first-order valence-corrected chi connectivity index (χ1v) is 9.73. The van der Waals surface area contributed by atoms with Gasteiger partial charge in [0.05, 0.1) is 12.7 Å². The van der Waals surface area contributed by atoms with Crippen LogP contribution >= 0.6 is 0 Å². The van der Waals surface area contributed by atoms with Gasteiger partial charge in [-0.05, 0) is 42.5 Å². The van der Waals surface area contributed by atoms with Gasteiger partial charge in [0, 0.05) is 16.8 Å². The second-order valence-corrected chi connectivity index (χ2v) is 6.72. The average molecular weight is 429 g/mol. The third kappa shape index (κ3) is 4.99. The molecule has 1 N–H and O–H groups in total. The first-order valence-electron chi connectivity index (χ1n) is 9.73. The van der Waals surface area contributed by atoms with Crippen LogP contribution in [0.2, 0.25) is 0 Å². The molecule has 4 aromatic rings. The van der Waals surface area contributed by atoms with Gasteiger partial charge >= 0.3 is 5.97 Å². The van der Waals surface area contributed by atoms with Crippen LogP contribution in [0.15, 0.2) is 83.4 Å². The molecule has 1 heterocycles. The van der Waals surface area contributed by atoms with E-state index in [9.17, 15) is 9.59 Å². The number of amides is 1. The van der Waals surface area contributed by atoms with Crippen LogP contribution in [0.3, 0.4) is 0 Å². The van der Waals surface area contributed by atoms with Crippen LogP contribution in [0.4, 0.5) is 5.69 Å². The molecule has 0 fully saturated rings. The van der Waals surface area contributed by atoms with E-state index in [2.05, 4.69) is 20.2 Å². The predicted octanol–water partition coefficient (Wildman–Crippen LogP) is 4.21. The number of ether oxygens (including phenoxy) is 2. The fraction of sp³-hybridized carbons (Fsp3) is 0.0833. The molecule has 3 aromatic carbocycles. The lowest BCUT2D eigenvalue weighted by Crippen LogP contribution is -2.20. The number of benzene rings is 3. The van der Waals surface area contributed by atoms with Gasteiger partial charge in [-0.2, -0.15) is 4.98 Å². The van der Waals surface area contributed by atoms with Gasteiger partial charge in [-0.25, -0.2) is 4.79 Å². The SMILES string of the molecule is COC(=O)c1cccc(NC(=O)COc2ccc(-c3nc(-c4ccccc4)no3)cc2)c1. The van der Waals surface area contributed by atoms with Crippen LogP contribution in [0, 0.1) is 0 Å². The quantitative estimate of drug-likeness (QED) is 0.439. The summed E-state index contributed by atoms with van der Waals surface area (Å²) in [5.74, 6) is 0.567. The predicted molar refractivity (Wildman–Crippen MR) is 117 cm³/mol. The zero-order chi connectivity index (χ0) is 22.3. The van der Waals surface area contributed by atoms with Crippen molar-refractivity contribution in [2.45, 2.75) is 0 Å². The van der Waals surface area contributed by atoms with E-state index in [-0.39, 0.29) is 12.5 Å². The first-order chi connectivity index (χ1) is 15.6. The molecule has 0 saturated heterocycles. The molecule has 0 aliphatic carbocycles. The van der Waals surface area contributed by atoms with Crippen LogP contribution in [-0.2, 0) is 9.53 Å². The minimum atomic E-state index is -0.477. The lowest BCUT2D eigenvalue weighted by atomic mass is 10.2. The summed E-state index contributed by atoms with van der Waals surface area (Å²) in [6.45, 7) is -0.194. The van der Waals surface area contributed by atoms with Crippen molar-refractivity contribution >= 4 is 17.6 Å². The summed E-state index contributed by atoms with van der Waals surface area (Å²) in [6.07, 6.45) is 0. The van der Waals surface area contributed by atoms with E-state index in [1.807, 2.05) is 30.3 Å². The van der Waals surface area contributed by atoms with Crippen molar-refractivity contribution in [2.24, 2.45) is 0 Å².